The van der Waals surface area contributed by atoms with Crippen LogP contribution in [0.5, 0.6) is 0 Å². The minimum atomic E-state index is -0.529. The van der Waals surface area contributed by atoms with E-state index >= 15 is 0 Å². The van der Waals surface area contributed by atoms with Crippen molar-refractivity contribution in [2.75, 3.05) is 0 Å². The molecule has 7 nitrogen and oxygen atoms in total. The second kappa shape index (κ2) is 3.41. The summed E-state index contributed by atoms with van der Waals surface area (Å²) in [5.74, 6) is 0.357. The molecule has 0 unspecified atom stereocenters. The van der Waals surface area contributed by atoms with Crippen LogP contribution >= 0.6 is 0 Å². The number of fused-ring (bicyclic) bond motifs is 1. The summed E-state index contributed by atoms with van der Waals surface area (Å²) in [5, 5.41) is 16.7. The summed E-state index contributed by atoms with van der Waals surface area (Å²) in [6, 6.07) is 8.85. The fourth-order valence-electron chi connectivity index (χ4n) is 1.60. The fourth-order valence-corrected chi connectivity index (χ4v) is 1.60. The molecule has 0 aliphatic rings. The van der Waals surface area contributed by atoms with E-state index < -0.39 is 4.92 Å². The highest BCUT2D eigenvalue weighted by atomic mass is 16.6. The molecule has 2 heterocycles. The van der Waals surface area contributed by atoms with E-state index in [9.17, 15) is 10.1 Å². The first-order valence-electron chi connectivity index (χ1n) is 4.89. The second-order valence-electron chi connectivity index (χ2n) is 3.50. The molecule has 2 aromatic heterocycles. The van der Waals surface area contributed by atoms with Crippen molar-refractivity contribution in [3.63, 3.8) is 0 Å². The predicted molar refractivity (Wildman–Crippen MR) is 60.3 cm³/mol. The molecule has 0 atom stereocenters. The van der Waals surface area contributed by atoms with Crippen LogP contribution in [0.2, 0.25) is 0 Å². The number of aromatic nitrogens is 4. The van der Waals surface area contributed by atoms with E-state index in [0.29, 0.717) is 11.5 Å². The maximum Gasteiger partial charge on any atom is 0.343 e. The number of nitrogens with zero attached hydrogens (tertiary/aromatic N) is 3. The topological polar surface area (TPSA) is 100 Å². The van der Waals surface area contributed by atoms with Crippen LogP contribution in [0.4, 0.5) is 5.82 Å². The smallest absolute Gasteiger partial charge is 0.343 e. The summed E-state index contributed by atoms with van der Waals surface area (Å²) in [5.41, 5.74) is 2.09. The van der Waals surface area contributed by atoms with Gasteiger partial charge in [-0.2, -0.15) is 0 Å². The number of aromatic amines is 2. The SMILES string of the molecule is O=[N+]([O-])c1cc(-c2nc3ccccc3[nH]2)n[nH]1. The quantitative estimate of drug-likeness (QED) is 0.517. The standard InChI is InChI=1S/C10H7N5O2/c16-15(17)9-5-8(13-14-9)10-11-6-3-1-2-4-7(6)12-10/h1-5H,(H,11,12)(H,13,14). The zero-order valence-electron chi connectivity index (χ0n) is 8.54. The van der Waals surface area contributed by atoms with Crippen molar-refractivity contribution < 1.29 is 4.92 Å². The Morgan fingerprint density at radius 2 is 2.12 bits per heavy atom. The molecule has 0 saturated carbocycles. The van der Waals surface area contributed by atoms with Gasteiger partial charge < -0.3 is 15.1 Å². The first-order valence-corrected chi connectivity index (χ1v) is 4.89. The molecule has 0 aliphatic heterocycles. The van der Waals surface area contributed by atoms with E-state index in [1.54, 1.807) is 0 Å². The molecule has 0 amide bonds. The Balaban J connectivity index is 2.10. The molecule has 0 fully saturated rings. The van der Waals surface area contributed by atoms with Crippen LogP contribution in [0.15, 0.2) is 30.3 Å². The molecule has 17 heavy (non-hydrogen) atoms. The lowest BCUT2D eigenvalue weighted by Gasteiger charge is -1.85. The summed E-state index contributed by atoms with van der Waals surface area (Å²) in [6.45, 7) is 0. The molecule has 7 heteroatoms. The third kappa shape index (κ3) is 1.53. The van der Waals surface area contributed by atoms with Gasteiger partial charge in [-0.25, -0.2) is 4.98 Å². The van der Waals surface area contributed by atoms with Crippen LogP contribution < -0.4 is 0 Å². The van der Waals surface area contributed by atoms with Crippen molar-refractivity contribution in [2.24, 2.45) is 0 Å². The average molecular weight is 229 g/mol. The highest BCUT2D eigenvalue weighted by Crippen LogP contribution is 2.21. The molecular formula is C10H7N5O2. The number of H-pyrrole nitrogens is 2. The van der Waals surface area contributed by atoms with Crippen molar-refractivity contribution in [1.29, 1.82) is 0 Å². The Morgan fingerprint density at radius 3 is 2.82 bits per heavy atom. The minimum absolute atomic E-state index is 0.152. The van der Waals surface area contributed by atoms with Crippen molar-refractivity contribution in [1.82, 2.24) is 20.2 Å². The van der Waals surface area contributed by atoms with Crippen LogP contribution in [0.25, 0.3) is 22.6 Å². The average Bonchev–Trinajstić information content (AvgIpc) is 2.95. The van der Waals surface area contributed by atoms with Crippen molar-refractivity contribution in [3.05, 3.63) is 40.4 Å². The van der Waals surface area contributed by atoms with Gasteiger partial charge in [0.15, 0.2) is 11.5 Å². The number of benzene rings is 1. The highest BCUT2D eigenvalue weighted by molar-refractivity contribution is 5.78. The third-order valence-corrected chi connectivity index (χ3v) is 2.39. The van der Waals surface area contributed by atoms with Crippen LogP contribution in [0.1, 0.15) is 0 Å². The number of hydrogen-bond acceptors (Lipinski definition) is 4. The maximum absolute atomic E-state index is 10.5. The van der Waals surface area contributed by atoms with Crippen molar-refractivity contribution in [3.8, 4) is 11.5 Å². The van der Waals surface area contributed by atoms with E-state index in [1.165, 1.54) is 6.07 Å². The van der Waals surface area contributed by atoms with Crippen LogP contribution in [0, 0.1) is 10.1 Å². The Labute approximate surface area is 94.6 Å². The van der Waals surface area contributed by atoms with Crippen LogP contribution in [-0.4, -0.2) is 25.1 Å². The molecule has 0 radical (unpaired) electrons. The lowest BCUT2D eigenvalue weighted by Crippen LogP contribution is -1.86. The number of hydrogen-bond donors (Lipinski definition) is 2. The van der Waals surface area contributed by atoms with Gasteiger partial charge in [-0.05, 0) is 17.1 Å². The van der Waals surface area contributed by atoms with E-state index in [0.717, 1.165) is 11.0 Å². The summed E-state index contributed by atoms with van der Waals surface area (Å²) in [6.07, 6.45) is 0. The monoisotopic (exact) mass is 229 g/mol. The Morgan fingerprint density at radius 1 is 1.29 bits per heavy atom. The van der Waals surface area contributed by atoms with Gasteiger partial charge in [-0.15, -0.1) is 5.10 Å². The molecule has 3 aromatic rings. The van der Waals surface area contributed by atoms with Gasteiger partial charge in [0.25, 0.3) is 0 Å². The molecule has 0 saturated heterocycles. The summed E-state index contributed by atoms with van der Waals surface area (Å²) < 4.78 is 0. The molecular weight excluding hydrogens is 222 g/mol. The van der Waals surface area contributed by atoms with Gasteiger partial charge in [0, 0.05) is 0 Å². The number of nitrogens with one attached hydrogen (secondary N) is 2. The Hall–Kier alpha value is -2.70. The van der Waals surface area contributed by atoms with Gasteiger partial charge >= 0.3 is 5.82 Å². The first-order chi connectivity index (χ1) is 8.24. The number of nitro groups is 1. The Bertz CT molecular complexity index is 666. The zero-order chi connectivity index (χ0) is 11.8. The zero-order valence-corrected chi connectivity index (χ0v) is 8.54. The molecule has 0 aliphatic carbocycles. The number of para-hydroxylation sites is 2. The first kappa shape index (κ1) is 9.52. The second-order valence-corrected chi connectivity index (χ2v) is 3.50. The summed E-state index contributed by atoms with van der Waals surface area (Å²) >= 11 is 0. The molecule has 0 spiro atoms. The van der Waals surface area contributed by atoms with Gasteiger partial charge in [-0.3, -0.25) is 0 Å². The molecule has 3 rings (SSSR count). The third-order valence-electron chi connectivity index (χ3n) is 2.39. The van der Waals surface area contributed by atoms with Gasteiger partial charge in [0.05, 0.1) is 17.1 Å². The van der Waals surface area contributed by atoms with E-state index in [2.05, 4.69) is 20.2 Å². The van der Waals surface area contributed by atoms with Crippen LogP contribution in [0.3, 0.4) is 0 Å². The van der Waals surface area contributed by atoms with Gasteiger partial charge in [0.2, 0.25) is 0 Å². The lowest BCUT2D eigenvalue weighted by molar-refractivity contribution is -0.389. The van der Waals surface area contributed by atoms with E-state index in [4.69, 9.17) is 0 Å². The molecule has 0 bridgehead atoms. The fraction of sp³-hybridized carbons (Fsp3) is 0. The highest BCUT2D eigenvalue weighted by Gasteiger charge is 2.14. The normalized spacial score (nSPS) is 10.8. The predicted octanol–water partition coefficient (Wildman–Crippen LogP) is 1.86. The van der Waals surface area contributed by atoms with Gasteiger partial charge in [-0.1, -0.05) is 17.2 Å². The molecule has 2 N–H and O–H groups in total. The molecule has 84 valence electrons. The van der Waals surface area contributed by atoms with Crippen molar-refractivity contribution in [2.45, 2.75) is 0 Å². The summed E-state index contributed by atoms with van der Waals surface area (Å²) in [7, 11) is 0. The van der Waals surface area contributed by atoms with E-state index in [-0.39, 0.29) is 5.82 Å². The maximum atomic E-state index is 10.5. The minimum Gasteiger partial charge on any atom is -0.358 e. The van der Waals surface area contributed by atoms with Crippen LogP contribution in [-0.2, 0) is 0 Å². The lowest BCUT2D eigenvalue weighted by atomic mass is 10.3. The number of imidazole rings is 1. The molecule has 1 aromatic carbocycles. The largest absolute Gasteiger partial charge is 0.358 e. The van der Waals surface area contributed by atoms with Gasteiger partial charge in [0.1, 0.15) is 0 Å². The summed E-state index contributed by atoms with van der Waals surface area (Å²) in [4.78, 5) is 17.3. The number of rotatable bonds is 2. The van der Waals surface area contributed by atoms with Crippen molar-refractivity contribution >= 4 is 16.9 Å². The van der Waals surface area contributed by atoms with E-state index in [1.807, 2.05) is 24.3 Å². The Kier molecular flexibility index (Phi) is 1.91.